The summed E-state index contributed by atoms with van der Waals surface area (Å²) >= 11 is 0. The van der Waals surface area contributed by atoms with Crippen molar-refractivity contribution in [1.29, 1.82) is 0 Å². The Hall–Kier alpha value is -2.17. The molecule has 5 heteroatoms. The molecule has 0 saturated carbocycles. The van der Waals surface area contributed by atoms with E-state index in [0.717, 1.165) is 5.56 Å². The molecule has 2 aromatic rings. The van der Waals surface area contributed by atoms with Crippen molar-refractivity contribution in [1.82, 2.24) is 9.97 Å². The highest BCUT2D eigenvalue weighted by Gasteiger charge is 2.14. The zero-order chi connectivity index (χ0) is 14.0. The van der Waals surface area contributed by atoms with Gasteiger partial charge in [0.05, 0.1) is 5.56 Å². The van der Waals surface area contributed by atoms with E-state index in [1.54, 1.807) is 12.1 Å². The van der Waals surface area contributed by atoms with Crippen LogP contribution in [0.4, 0.5) is 4.39 Å². The number of hydrogen-bond donors (Lipinski definition) is 2. The maximum atomic E-state index is 12.8. The van der Waals surface area contributed by atoms with Crippen LogP contribution in [0.25, 0.3) is 0 Å². The first-order valence-corrected chi connectivity index (χ1v) is 6.04. The topological polar surface area (TPSA) is 66.0 Å². The molecule has 100 valence electrons. The van der Waals surface area contributed by atoms with Crippen molar-refractivity contribution < 1.29 is 9.50 Å². The van der Waals surface area contributed by atoms with Gasteiger partial charge in [-0.2, -0.15) is 4.98 Å². The Morgan fingerprint density at radius 3 is 2.47 bits per heavy atom. The number of halogens is 1. The van der Waals surface area contributed by atoms with Gasteiger partial charge >= 0.3 is 0 Å². The highest BCUT2D eigenvalue weighted by Crippen LogP contribution is 2.19. The number of hydrogen-bond acceptors (Lipinski definition) is 3. The Bertz CT molecular complexity index is 633. The minimum Gasteiger partial charge on any atom is -0.493 e. The van der Waals surface area contributed by atoms with E-state index in [1.165, 1.54) is 12.1 Å². The Morgan fingerprint density at radius 2 is 1.95 bits per heavy atom. The summed E-state index contributed by atoms with van der Waals surface area (Å²) in [5, 5.41) is 9.77. The molecular weight excluding hydrogens is 247 g/mol. The first-order valence-electron chi connectivity index (χ1n) is 6.04. The van der Waals surface area contributed by atoms with Crippen LogP contribution in [-0.4, -0.2) is 15.1 Å². The van der Waals surface area contributed by atoms with Crippen LogP contribution < -0.4 is 5.56 Å². The van der Waals surface area contributed by atoms with Crippen LogP contribution in [0.1, 0.15) is 36.7 Å². The van der Waals surface area contributed by atoms with Gasteiger partial charge in [0, 0.05) is 6.42 Å². The molecule has 0 aliphatic heterocycles. The van der Waals surface area contributed by atoms with Crippen LogP contribution in [0.5, 0.6) is 5.88 Å². The van der Waals surface area contributed by atoms with Crippen molar-refractivity contribution >= 4 is 0 Å². The molecule has 0 atom stereocenters. The average Bonchev–Trinajstić information content (AvgIpc) is 2.30. The van der Waals surface area contributed by atoms with Gasteiger partial charge in [-0.1, -0.05) is 26.0 Å². The van der Waals surface area contributed by atoms with Crippen molar-refractivity contribution in [2.45, 2.75) is 26.2 Å². The summed E-state index contributed by atoms with van der Waals surface area (Å²) in [5.74, 6) is -0.298. The molecule has 0 bridgehead atoms. The van der Waals surface area contributed by atoms with Crippen LogP contribution in [0, 0.1) is 5.82 Å². The van der Waals surface area contributed by atoms with Gasteiger partial charge in [0.1, 0.15) is 11.6 Å². The van der Waals surface area contributed by atoms with Crippen LogP contribution in [0.3, 0.4) is 0 Å². The molecule has 0 fully saturated rings. The Labute approximate surface area is 110 Å². The summed E-state index contributed by atoms with van der Waals surface area (Å²) in [7, 11) is 0. The van der Waals surface area contributed by atoms with E-state index in [9.17, 15) is 14.3 Å². The summed E-state index contributed by atoms with van der Waals surface area (Å²) in [6, 6.07) is 5.91. The summed E-state index contributed by atoms with van der Waals surface area (Å²) < 4.78 is 12.8. The number of nitrogens with zero attached hydrogens (tertiary/aromatic N) is 1. The second-order valence-corrected chi connectivity index (χ2v) is 4.71. The lowest BCUT2D eigenvalue weighted by atomic mass is 10.1. The molecule has 1 aromatic carbocycles. The number of benzene rings is 1. The van der Waals surface area contributed by atoms with Crippen LogP contribution >= 0.6 is 0 Å². The second kappa shape index (κ2) is 5.22. The summed E-state index contributed by atoms with van der Waals surface area (Å²) in [6.07, 6.45) is 0.335. The Morgan fingerprint density at radius 1 is 1.32 bits per heavy atom. The van der Waals surface area contributed by atoms with E-state index >= 15 is 0 Å². The predicted octanol–water partition coefficient (Wildman–Crippen LogP) is 2.33. The van der Waals surface area contributed by atoms with Crippen molar-refractivity contribution in [3.05, 3.63) is 57.4 Å². The molecule has 0 spiro atoms. The van der Waals surface area contributed by atoms with Crippen molar-refractivity contribution in [2.24, 2.45) is 0 Å². The molecule has 0 radical (unpaired) electrons. The van der Waals surface area contributed by atoms with Crippen molar-refractivity contribution in [3.63, 3.8) is 0 Å². The van der Waals surface area contributed by atoms with Gasteiger partial charge in [0.2, 0.25) is 5.88 Å². The summed E-state index contributed by atoms with van der Waals surface area (Å²) in [4.78, 5) is 18.5. The fraction of sp³-hybridized carbons (Fsp3) is 0.286. The third-order valence-electron chi connectivity index (χ3n) is 2.85. The fourth-order valence-electron chi connectivity index (χ4n) is 1.92. The molecule has 1 aromatic heterocycles. The normalized spacial score (nSPS) is 10.9. The van der Waals surface area contributed by atoms with E-state index in [0.29, 0.717) is 12.2 Å². The Balaban J connectivity index is 2.32. The molecule has 19 heavy (non-hydrogen) atoms. The minimum absolute atomic E-state index is 0.101. The predicted molar refractivity (Wildman–Crippen MR) is 69.8 cm³/mol. The molecule has 0 aliphatic rings. The van der Waals surface area contributed by atoms with Gasteiger partial charge < -0.3 is 10.1 Å². The average molecular weight is 262 g/mol. The second-order valence-electron chi connectivity index (χ2n) is 4.71. The highest BCUT2D eigenvalue weighted by atomic mass is 19.1. The molecule has 0 unspecified atom stereocenters. The monoisotopic (exact) mass is 262 g/mol. The van der Waals surface area contributed by atoms with Gasteiger partial charge in [0.25, 0.3) is 5.56 Å². The molecule has 0 saturated heterocycles. The smallest absolute Gasteiger partial charge is 0.258 e. The molecule has 2 N–H and O–H groups in total. The van der Waals surface area contributed by atoms with E-state index < -0.39 is 0 Å². The van der Waals surface area contributed by atoms with Crippen LogP contribution in [0.2, 0.25) is 0 Å². The molecule has 2 rings (SSSR count). The third-order valence-corrected chi connectivity index (χ3v) is 2.85. The standard InChI is InChI=1S/C14H15FN2O2/c1-8(2)12-13(18)16-11(17-14(12)19)7-9-3-5-10(15)6-4-9/h3-6,8H,7H2,1-2H3,(H2,16,17,18,19). The first kappa shape index (κ1) is 13.3. The molecule has 0 aliphatic carbocycles. The maximum absolute atomic E-state index is 12.8. The SMILES string of the molecule is CC(C)c1c(O)nc(Cc2ccc(F)cc2)[nH]c1=O. The number of rotatable bonds is 3. The Kier molecular flexibility index (Phi) is 3.64. The van der Waals surface area contributed by atoms with Crippen LogP contribution in [-0.2, 0) is 6.42 Å². The zero-order valence-electron chi connectivity index (χ0n) is 10.8. The number of aromatic hydroxyl groups is 1. The minimum atomic E-state index is -0.334. The lowest BCUT2D eigenvalue weighted by Crippen LogP contribution is -2.18. The van der Waals surface area contributed by atoms with E-state index in [-0.39, 0.29) is 28.7 Å². The van der Waals surface area contributed by atoms with Gasteiger partial charge in [-0.05, 0) is 23.6 Å². The summed E-state index contributed by atoms with van der Waals surface area (Å²) in [5.41, 5.74) is 0.753. The van der Waals surface area contributed by atoms with Crippen molar-refractivity contribution in [2.75, 3.05) is 0 Å². The van der Waals surface area contributed by atoms with Crippen molar-refractivity contribution in [3.8, 4) is 5.88 Å². The molecular formula is C14H15FN2O2. The first-order chi connectivity index (χ1) is 8.97. The van der Waals surface area contributed by atoms with Gasteiger partial charge in [-0.15, -0.1) is 0 Å². The van der Waals surface area contributed by atoms with Gasteiger partial charge in [-0.25, -0.2) is 4.39 Å². The van der Waals surface area contributed by atoms with Gasteiger partial charge in [-0.3, -0.25) is 4.79 Å². The molecule has 4 nitrogen and oxygen atoms in total. The number of aromatic amines is 1. The lowest BCUT2D eigenvalue weighted by Gasteiger charge is -2.08. The number of aromatic nitrogens is 2. The number of H-pyrrole nitrogens is 1. The highest BCUT2D eigenvalue weighted by molar-refractivity contribution is 5.27. The lowest BCUT2D eigenvalue weighted by molar-refractivity contribution is 0.436. The molecule has 0 amide bonds. The number of nitrogens with one attached hydrogen (secondary N) is 1. The zero-order valence-corrected chi connectivity index (χ0v) is 10.8. The summed E-state index contributed by atoms with van der Waals surface area (Å²) in [6.45, 7) is 3.62. The van der Waals surface area contributed by atoms with Gasteiger partial charge in [0.15, 0.2) is 0 Å². The maximum Gasteiger partial charge on any atom is 0.258 e. The van der Waals surface area contributed by atoms with Crippen LogP contribution in [0.15, 0.2) is 29.1 Å². The quantitative estimate of drug-likeness (QED) is 0.892. The third kappa shape index (κ3) is 2.99. The van der Waals surface area contributed by atoms with E-state index in [2.05, 4.69) is 9.97 Å². The fourth-order valence-corrected chi connectivity index (χ4v) is 1.92. The largest absolute Gasteiger partial charge is 0.493 e. The van der Waals surface area contributed by atoms with E-state index in [4.69, 9.17) is 0 Å². The molecule has 1 heterocycles. The van der Waals surface area contributed by atoms with E-state index in [1.807, 2.05) is 13.8 Å².